The zero-order chi connectivity index (χ0) is 15.5. The first-order chi connectivity index (χ1) is 10.00. The normalized spacial score (nSPS) is 22.9. The predicted molar refractivity (Wildman–Crippen MR) is 80.2 cm³/mol. The number of rotatable bonds is 3. The van der Waals surface area contributed by atoms with Gasteiger partial charge >= 0.3 is 12.0 Å². The number of aliphatic carboxylic acids is 1. The van der Waals surface area contributed by atoms with E-state index in [4.69, 9.17) is 0 Å². The van der Waals surface area contributed by atoms with Gasteiger partial charge in [0.15, 0.2) is 0 Å². The average Bonchev–Trinajstić information content (AvgIpc) is 2.54. The Hall–Kier alpha value is -1.30. The molecule has 0 spiro atoms. The number of amides is 2. The van der Waals surface area contributed by atoms with Crippen LogP contribution >= 0.6 is 0 Å². The summed E-state index contributed by atoms with van der Waals surface area (Å²) in [7, 11) is 1.87. The van der Waals surface area contributed by atoms with Gasteiger partial charge in [-0.25, -0.2) is 4.79 Å². The lowest BCUT2D eigenvalue weighted by atomic mass is 9.76. The third-order valence-corrected chi connectivity index (χ3v) is 5.28. The zero-order valence-corrected chi connectivity index (χ0v) is 13.1. The quantitative estimate of drug-likeness (QED) is 0.825. The van der Waals surface area contributed by atoms with Crippen LogP contribution < -0.4 is 5.32 Å². The number of carboxylic acid groups (broad SMARTS) is 1. The molecule has 2 aliphatic heterocycles. The van der Waals surface area contributed by atoms with Crippen molar-refractivity contribution in [3.05, 3.63) is 0 Å². The molecule has 0 aromatic heterocycles. The van der Waals surface area contributed by atoms with Crippen LogP contribution in [0.15, 0.2) is 0 Å². The van der Waals surface area contributed by atoms with Crippen molar-refractivity contribution in [2.45, 2.75) is 45.1 Å². The summed E-state index contributed by atoms with van der Waals surface area (Å²) in [4.78, 5) is 27.7. The average molecular weight is 297 g/mol. The number of piperidine rings is 2. The highest BCUT2D eigenvalue weighted by molar-refractivity contribution is 5.77. The molecule has 0 bridgehead atoms. The van der Waals surface area contributed by atoms with Gasteiger partial charge in [-0.2, -0.15) is 0 Å². The summed E-state index contributed by atoms with van der Waals surface area (Å²) >= 11 is 0. The van der Waals surface area contributed by atoms with E-state index in [2.05, 4.69) is 5.32 Å². The number of urea groups is 1. The first kappa shape index (κ1) is 16.1. The van der Waals surface area contributed by atoms with E-state index in [1.54, 1.807) is 0 Å². The van der Waals surface area contributed by atoms with E-state index in [0.29, 0.717) is 38.4 Å². The third kappa shape index (κ3) is 3.31. The lowest BCUT2D eigenvalue weighted by molar-refractivity contribution is -0.152. The molecule has 2 aliphatic rings. The van der Waals surface area contributed by atoms with Gasteiger partial charge in [0.2, 0.25) is 0 Å². The summed E-state index contributed by atoms with van der Waals surface area (Å²) < 4.78 is 0. The van der Waals surface area contributed by atoms with Crippen molar-refractivity contribution in [1.29, 1.82) is 0 Å². The molecule has 0 unspecified atom stereocenters. The van der Waals surface area contributed by atoms with Gasteiger partial charge in [0, 0.05) is 26.2 Å². The molecule has 0 aliphatic carbocycles. The Labute approximate surface area is 126 Å². The maximum absolute atomic E-state index is 12.6. The van der Waals surface area contributed by atoms with Gasteiger partial charge in [-0.3, -0.25) is 4.79 Å². The molecule has 2 amide bonds. The van der Waals surface area contributed by atoms with Crippen LogP contribution in [0, 0.1) is 5.41 Å². The van der Waals surface area contributed by atoms with Gasteiger partial charge in [-0.05, 0) is 45.2 Å². The second kappa shape index (κ2) is 6.64. The summed E-state index contributed by atoms with van der Waals surface area (Å²) in [5.74, 6) is -0.719. The molecule has 6 nitrogen and oxygen atoms in total. The second-order valence-corrected chi connectivity index (χ2v) is 6.30. The Morgan fingerprint density at radius 2 is 1.86 bits per heavy atom. The highest BCUT2D eigenvalue weighted by Crippen LogP contribution is 2.35. The van der Waals surface area contributed by atoms with Crippen LogP contribution in [0.3, 0.4) is 0 Å². The van der Waals surface area contributed by atoms with E-state index in [0.717, 1.165) is 25.9 Å². The van der Waals surface area contributed by atoms with E-state index in [-0.39, 0.29) is 6.03 Å². The van der Waals surface area contributed by atoms with Crippen molar-refractivity contribution < 1.29 is 14.7 Å². The van der Waals surface area contributed by atoms with Crippen molar-refractivity contribution in [2.24, 2.45) is 5.41 Å². The number of hydrogen-bond acceptors (Lipinski definition) is 3. The van der Waals surface area contributed by atoms with Crippen molar-refractivity contribution in [1.82, 2.24) is 15.1 Å². The van der Waals surface area contributed by atoms with Gasteiger partial charge < -0.3 is 20.2 Å². The number of nitrogens with one attached hydrogen (secondary N) is 1. The van der Waals surface area contributed by atoms with Gasteiger partial charge in [0.05, 0.1) is 5.41 Å². The van der Waals surface area contributed by atoms with Crippen LogP contribution in [-0.4, -0.2) is 66.2 Å². The van der Waals surface area contributed by atoms with Gasteiger partial charge in [-0.15, -0.1) is 0 Å². The van der Waals surface area contributed by atoms with Crippen molar-refractivity contribution in [3.8, 4) is 0 Å². The second-order valence-electron chi connectivity index (χ2n) is 6.30. The monoisotopic (exact) mass is 297 g/mol. The maximum atomic E-state index is 12.6. The highest BCUT2D eigenvalue weighted by Gasteiger charge is 2.41. The first-order valence-corrected chi connectivity index (χ1v) is 7.96. The van der Waals surface area contributed by atoms with Crippen molar-refractivity contribution >= 4 is 12.0 Å². The van der Waals surface area contributed by atoms with Gasteiger partial charge in [-0.1, -0.05) is 6.92 Å². The standard InChI is InChI=1S/C15H27N3O3/c1-3-15(13(19)20)6-10-18(11-7-15)14(21)17(2)12-4-8-16-9-5-12/h12,16H,3-11H2,1-2H3,(H,19,20). The fraction of sp³-hybridized carbons (Fsp3) is 0.867. The summed E-state index contributed by atoms with van der Waals surface area (Å²) in [6.45, 7) is 4.94. The lowest BCUT2D eigenvalue weighted by Crippen LogP contribution is -2.53. The largest absolute Gasteiger partial charge is 0.481 e. The molecule has 0 radical (unpaired) electrons. The van der Waals surface area contributed by atoms with Crippen LogP contribution in [-0.2, 0) is 4.79 Å². The molecule has 0 aromatic rings. The summed E-state index contributed by atoms with van der Waals surface area (Å²) in [6.07, 6.45) is 3.73. The Balaban J connectivity index is 1.91. The van der Waals surface area contributed by atoms with Gasteiger partial charge in [0.1, 0.15) is 0 Å². The summed E-state index contributed by atoms with van der Waals surface area (Å²) in [5, 5.41) is 12.7. The first-order valence-electron chi connectivity index (χ1n) is 7.96. The van der Waals surface area contributed by atoms with Crippen molar-refractivity contribution in [2.75, 3.05) is 33.2 Å². The molecule has 2 rings (SSSR count). The molecule has 0 atom stereocenters. The minimum atomic E-state index is -0.719. The Morgan fingerprint density at radius 1 is 1.29 bits per heavy atom. The highest BCUT2D eigenvalue weighted by atomic mass is 16.4. The molecule has 0 aromatic carbocycles. The van der Waals surface area contributed by atoms with E-state index >= 15 is 0 Å². The van der Waals surface area contributed by atoms with E-state index in [1.807, 2.05) is 23.8 Å². The summed E-state index contributed by atoms with van der Waals surface area (Å²) in [5.41, 5.74) is -0.635. The fourth-order valence-corrected chi connectivity index (χ4v) is 3.42. The molecule has 2 N–H and O–H groups in total. The molecule has 6 heteroatoms. The van der Waals surface area contributed by atoms with Crippen LogP contribution in [0.4, 0.5) is 4.79 Å². The number of likely N-dealkylation sites (tertiary alicyclic amines) is 1. The molecule has 0 saturated carbocycles. The smallest absolute Gasteiger partial charge is 0.319 e. The van der Waals surface area contributed by atoms with E-state index < -0.39 is 11.4 Å². The van der Waals surface area contributed by atoms with Crippen LogP contribution in [0.25, 0.3) is 0 Å². The molecule has 2 heterocycles. The van der Waals surface area contributed by atoms with Gasteiger partial charge in [0.25, 0.3) is 0 Å². The lowest BCUT2D eigenvalue weighted by Gasteiger charge is -2.41. The number of carboxylic acids is 1. The number of carbonyl (C=O) groups is 2. The molecule has 2 saturated heterocycles. The molecular weight excluding hydrogens is 270 g/mol. The Kier molecular flexibility index (Phi) is 5.08. The molecule has 120 valence electrons. The SMILES string of the molecule is CCC1(C(=O)O)CCN(C(=O)N(C)C2CCNCC2)CC1. The number of hydrogen-bond donors (Lipinski definition) is 2. The molecule has 21 heavy (non-hydrogen) atoms. The van der Waals surface area contributed by atoms with Crippen LogP contribution in [0.2, 0.25) is 0 Å². The zero-order valence-electron chi connectivity index (χ0n) is 13.1. The third-order valence-electron chi connectivity index (χ3n) is 5.28. The number of nitrogens with zero attached hydrogens (tertiary/aromatic N) is 2. The Morgan fingerprint density at radius 3 is 2.33 bits per heavy atom. The number of carbonyl (C=O) groups excluding carboxylic acids is 1. The fourth-order valence-electron chi connectivity index (χ4n) is 3.42. The maximum Gasteiger partial charge on any atom is 0.319 e. The predicted octanol–water partition coefficient (Wildman–Crippen LogP) is 1.37. The van der Waals surface area contributed by atoms with E-state index in [9.17, 15) is 14.7 Å². The molecule has 2 fully saturated rings. The van der Waals surface area contributed by atoms with E-state index in [1.165, 1.54) is 0 Å². The van der Waals surface area contributed by atoms with Crippen LogP contribution in [0.1, 0.15) is 39.0 Å². The summed E-state index contributed by atoms with van der Waals surface area (Å²) in [6, 6.07) is 0.355. The van der Waals surface area contributed by atoms with Crippen molar-refractivity contribution in [3.63, 3.8) is 0 Å². The minimum Gasteiger partial charge on any atom is -0.481 e. The minimum absolute atomic E-state index is 0.0528. The van der Waals surface area contributed by atoms with Crippen LogP contribution in [0.5, 0.6) is 0 Å². The molecular formula is C15H27N3O3. The Bertz CT molecular complexity index is 386. The topological polar surface area (TPSA) is 72.9 Å².